The zero-order chi connectivity index (χ0) is 15.5. The number of hydrogen-bond donors (Lipinski definition) is 2. The third-order valence-corrected chi connectivity index (χ3v) is 6.57. The van der Waals surface area contributed by atoms with E-state index in [2.05, 4.69) is 4.72 Å². The fourth-order valence-corrected chi connectivity index (χ4v) is 4.96. The zero-order valence-corrected chi connectivity index (χ0v) is 12.9. The van der Waals surface area contributed by atoms with E-state index in [1.807, 2.05) is 6.07 Å². The van der Waals surface area contributed by atoms with Gasteiger partial charge in [0.2, 0.25) is 10.0 Å². The fourth-order valence-electron chi connectivity index (χ4n) is 2.53. The lowest BCUT2D eigenvalue weighted by Gasteiger charge is -2.22. The van der Waals surface area contributed by atoms with Gasteiger partial charge in [-0.2, -0.15) is 5.26 Å². The van der Waals surface area contributed by atoms with E-state index in [9.17, 15) is 18.3 Å². The summed E-state index contributed by atoms with van der Waals surface area (Å²) in [5, 5.41) is 18.0. The van der Waals surface area contributed by atoms with E-state index >= 15 is 0 Å². The highest BCUT2D eigenvalue weighted by molar-refractivity contribution is 7.91. The third-order valence-electron chi connectivity index (χ3n) is 3.60. The molecule has 1 aromatic rings. The number of carbonyl (C=O) groups is 1. The summed E-state index contributed by atoms with van der Waals surface area (Å²) < 4.78 is 27.2. The van der Waals surface area contributed by atoms with E-state index in [1.165, 1.54) is 12.1 Å². The van der Waals surface area contributed by atoms with Gasteiger partial charge in [-0.1, -0.05) is 19.3 Å². The van der Waals surface area contributed by atoms with Gasteiger partial charge < -0.3 is 5.11 Å². The van der Waals surface area contributed by atoms with Gasteiger partial charge in [-0.05, 0) is 25.0 Å². The Bertz CT molecular complexity index is 660. The molecule has 1 aromatic heterocycles. The van der Waals surface area contributed by atoms with Crippen LogP contribution >= 0.6 is 11.3 Å². The van der Waals surface area contributed by atoms with Gasteiger partial charge >= 0.3 is 5.97 Å². The van der Waals surface area contributed by atoms with Gasteiger partial charge in [0.1, 0.15) is 15.2 Å². The Morgan fingerprint density at radius 3 is 2.67 bits per heavy atom. The van der Waals surface area contributed by atoms with E-state index < -0.39 is 28.0 Å². The van der Waals surface area contributed by atoms with Gasteiger partial charge in [-0.15, -0.1) is 11.3 Å². The van der Waals surface area contributed by atoms with Crippen LogP contribution in [0.15, 0.2) is 16.3 Å². The third kappa shape index (κ3) is 3.81. The van der Waals surface area contributed by atoms with Crippen LogP contribution in [-0.2, 0) is 14.8 Å². The Labute approximate surface area is 127 Å². The number of aliphatic carboxylic acids is 1. The minimum absolute atomic E-state index is 0.0486. The molecular weight excluding hydrogens is 312 g/mol. The van der Waals surface area contributed by atoms with E-state index in [4.69, 9.17) is 5.26 Å². The molecule has 0 amide bonds. The topological polar surface area (TPSA) is 107 Å². The molecule has 114 valence electrons. The second kappa shape index (κ2) is 6.56. The molecule has 2 atom stereocenters. The first kappa shape index (κ1) is 15.9. The van der Waals surface area contributed by atoms with Gasteiger partial charge in [0.15, 0.2) is 0 Å². The number of carboxylic acids is 1. The van der Waals surface area contributed by atoms with Crippen molar-refractivity contribution in [3.05, 3.63) is 17.0 Å². The summed E-state index contributed by atoms with van der Waals surface area (Å²) in [6, 6.07) is 4.12. The summed E-state index contributed by atoms with van der Waals surface area (Å²) in [7, 11) is -3.78. The first-order valence-corrected chi connectivity index (χ1v) is 8.99. The Kier molecular flexibility index (Phi) is 4.98. The number of thiophene rings is 1. The van der Waals surface area contributed by atoms with Gasteiger partial charge in [0.25, 0.3) is 0 Å². The Morgan fingerprint density at radius 2 is 2.05 bits per heavy atom. The molecule has 1 aliphatic rings. The minimum atomic E-state index is -3.78. The summed E-state index contributed by atoms with van der Waals surface area (Å²) in [4.78, 5) is 11.6. The second-order valence-electron chi connectivity index (χ2n) is 5.04. The van der Waals surface area contributed by atoms with Gasteiger partial charge in [-0.3, -0.25) is 4.79 Å². The molecule has 0 spiro atoms. The minimum Gasteiger partial charge on any atom is -0.481 e. The molecule has 0 aromatic carbocycles. The standard InChI is InChI=1S/C13H16N2O4S2/c14-8-9-6-7-12(20-9)21(18,19)15-11-5-3-1-2-4-10(11)13(16)17/h6-7,10-11,15H,1-5H2,(H,16,17). The summed E-state index contributed by atoms with van der Waals surface area (Å²) in [5.74, 6) is -1.66. The Hall–Kier alpha value is -1.43. The molecule has 1 saturated carbocycles. The number of nitriles is 1. The summed E-state index contributed by atoms with van der Waals surface area (Å²) in [5.41, 5.74) is 0. The summed E-state index contributed by atoms with van der Waals surface area (Å²) in [6.07, 6.45) is 3.53. The molecule has 6 nitrogen and oxygen atoms in total. The lowest BCUT2D eigenvalue weighted by Crippen LogP contribution is -2.42. The van der Waals surface area contributed by atoms with Crippen LogP contribution in [0.5, 0.6) is 0 Å². The molecule has 8 heteroatoms. The van der Waals surface area contributed by atoms with Crippen LogP contribution in [0.25, 0.3) is 0 Å². The second-order valence-corrected chi connectivity index (χ2v) is 8.07. The first-order valence-electron chi connectivity index (χ1n) is 6.69. The number of sulfonamides is 1. The smallest absolute Gasteiger partial charge is 0.308 e. The van der Waals surface area contributed by atoms with Crippen LogP contribution in [0.2, 0.25) is 0 Å². The van der Waals surface area contributed by atoms with Crippen LogP contribution in [-0.4, -0.2) is 25.5 Å². The monoisotopic (exact) mass is 328 g/mol. The predicted molar refractivity (Wildman–Crippen MR) is 77.4 cm³/mol. The maximum atomic E-state index is 12.3. The van der Waals surface area contributed by atoms with Gasteiger partial charge in [-0.25, -0.2) is 13.1 Å². The number of carboxylic acid groups (broad SMARTS) is 1. The quantitative estimate of drug-likeness (QED) is 0.821. The van der Waals surface area contributed by atoms with Crippen LogP contribution < -0.4 is 4.72 Å². The maximum Gasteiger partial charge on any atom is 0.308 e. The fraction of sp³-hybridized carbons (Fsp3) is 0.538. The number of hydrogen-bond acceptors (Lipinski definition) is 5. The highest BCUT2D eigenvalue weighted by Gasteiger charge is 2.33. The van der Waals surface area contributed by atoms with Crippen molar-refractivity contribution in [1.29, 1.82) is 5.26 Å². The van der Waals surface area contributed by atoms with E-state index in [0.717, 1.165) is 30.6 Å². The van der Waals surface area contributed by atoms with Crippen molar-refractivity contribution in [3.8, 4) is 6.07 Å². The normalized spacial score (nSPS) is 23.2. The van der Waals surface area contributed by atoms with Crippen molar-refractivity contribution in [2.24, 2.45) is 5.92 Å². The maximum absolute atomic E-state index is 12.3. The predicted octanol–water partition coefficient (Wildman–Crippen LogP) is 1.93. The lowest BCUT2D eigenvalue weighted by atomic mass is 9.96. The molecule has 21 heavy (non-hydrogen) atoms. The summed E-state index contributed by atoms with van der Waals surface area (Å²) in [6.45, 7) is 0. The zero-order valence-electron chi connectivity index (χ0n) is 11.3. The van der Waals surface area contributed by atoms with Crippen molar-refractivity contribution in [3.63, 3.8) is 0 Å². The van der Waals surface area contributed by atoms with Crippen LogP contribution in [0.1, 0.15) is 37.0 Å². The number of rotatable bonds is 4. The molecule has 1 aliphatic carbocycles. The molecule has 0 aliphatic heterocycles. The number of nitrogens with one attached hydrogen (secondary N) is 1. The van der Waals surface area contributed by atoms with E-state index in [1.54, 1.807) is 0 Å². The van der Waals surface area contributed by atoms with Crippen LogP contribution in [0.4, 0.5) is 0 Å². The van der Waals surface area contributed by atoms with Crippen molar-refractivity contribution in [1.82, 2.24) is 4.72 Å². The van der Waals surface area contributed by atoms with Crippen molar-refractivity contribution in [2.75, 3.05) is 0 Å². The van der Waals surface area contributed by atoms with Gasteiger partial charge in [0, 0.05) is 6.04 Å². The van der Waals surface area contributed by atoms with Crippen molar-refractivity contribution < 1.29 is 18.3 Å². The largest absolute Gasteiger partial charge is 0.481 e. The first-order chi connectivity index (χ1) is 9.94. The molecule has 2 rings (SSSR count). The van der Waals surface area contributed by atoms with Crippen molar-refractivity contribution >= 4 is 27.3 Å². The van der Waals surface area contributed by atoms with E-state index in [0.29, 0.717) is 17.7 Å². The van der Waals surface area contributed by atoms with E-state index in [-0.39, 0.29) is 4.21 Å². The molecule has 1 heterocycles. The molecular formula is C13H16N2O4S2. The van der Waals surface area contributed by atoms with Gasteiger partial charge in [0.05, 0.1) is 5.92 Å². The van der Waals surface area contributed by atoms with Crippen LogP contribution in [0, 0.1) is 17.2 Å². The molecule has 1 fully saturated rings. The van der Waals surface area contributed by atoms with Crippen molar-refractivity contribution in [2.45, 2.75) is 42.4 Å². The van der Waals surface area contributed by atoms with Crippen LogP contribution in [0.3, 0.4) is 0 Å². The molecule has 0 radical (unpaired) electrons. The average molecular weight is 328 g/mol. The highest BCUT2D eigenvalue weighted by Crippen LogP contribution is 2.27. The Balaban J connectivity index is 2.21. The summed E-state index contributed by atoms with van der Waals surface area (Å²) >= 11 is 0.884. The molecule has 2 N–H and O–H groups in total. The molecule has 0 saturated heterocycles. The SMILES string of the molecule is N#Cc1ccc(S(=O)(=O)NC2CCCCCC2C(=O)O)s1. The lowest BCUT2D eigenvalue weighted by molar-refractivity contribution is -0.142. The molecule has 0 bridgehead atoms. The molecule has 2 unspecified atom stereocenters. The number of nitrogens with zero attached hydrogens (tertiary/aromatic N) is 1. The average Bonchev–Trinajstić information content (AvgIpc) is 2.80. The highest BCUT2D eigenvalue weighted by atomic mass is 32.2. The Morgan fingerprint density at radius 1 is 1.33 bits per heavy atom.